The molecule has 2 aromatic carbocycles. The predicted octanol–water partition coefficient (Wildman–Crippen LogP) is 3.45. The molecule has 2 unspecified atom stereocenters. The van der Waals surface area contributed by atoms with Crippen LogP contribution >= 0.6 is 0 Å². The largest absolute Gasteiger partial charge is 0.505 e. The van der Waals surface area contributed by atoms with Crippen LogP contribution < -0.4 is 10.1 Å². The fraction of sp³-hybridized carbons (Fsp3) is 0.250. The molecule has 3 rings (SSSR count). The second kappa shape index (κ2) is 5.33. The summed E-state index contributed by atoms with van der Waals surface area (Å²) < 4.78 is 32.7. The molecular weight excluding hydrogens is 276 g/mol. The summed E-state index contributed by atoms with van der Waals surface area (Å²) in [5, 5.41) is 12.4. The molecule has 21 heavy (non-hydrogen) atoms. The number of aromatic hydroxyl groups is 1. The van der Waals surface area contributed by atoms with E-state index in [9.17, 15) is 13.9 Å². The van der Waals surface area contributed by atoms with Gasteiger partial charge < -0.3 is 15.2 Å². The van der Waals surface area contributed by atoms with Crippen LogP contribution in [0.2, 0.25) is 0 Å². The molecule has 0 fully saturated rings. The zero-order chi connectivity index (χ0) is 15.0. The van der Waals surface area contributed by atoms with Crippen LogP contribution in [0.15, 0.2) is 36.4 Å². The average Bonchev–Trinajstić information content (AvgIpc) is 2.48. The molecule has 1 heterocycles. The lowest BCUT2D eigenvalue weighted by molar-refractivity contribution is 0.152. The first-order valence-electron chi connectivity index (χ1n) is 6.70. The highest BCUT2D eigenvalue weighted by atomic mass is 19.1. The fourth-order valence-electron chi connectivity index (χ4n) is 2.64. The molecule has 0 amide bonds. The van der Waals surface area contributed by atoms with Gasteiger partial charge in [-0.3, -0.25) is 0 Å². The van der Waals surface area contributed by atoms with Crippen molar-refractivity contribution < 1.29 is 18.6 Å². The van der Waals surface area contributed by atoms with Gasteiger partial charge in [0.15, 0.2) is 11.6 Å². The van der Waals surface area contributed by atoms with Crippen molar-refractivity contribution in [3.63, 3.8) is 0 Å². The van der Waals surface area contributed by atoms with Crippen molar-refractivity contribution in [3.8, 4) is 11.5 Å². The van der Waals surface area contributed by atoms with Gasteiger partial charge in [-0.25, -0.2) is 8.78 Å². The SMILES string of the molecule is CNC1CC(c2ccc(O)c(F)c2)Oc2cc(F)ccc21. The molecule has 0 saturated carbocycles. The van der Waals surface area contributed by atoms with E-state index in [2.05, 4.69) is 5.32 Å². The molecule has 0 spiro atoms. The van der Waals surface area contributed by atoms with Crippen molar-refractivity contribution >= 4 is 0 Å². The molecule has 2 N–H and O–H groups in total. The molecule has 0 aliphatic carbocycles. The van der Waals surface area contributed by atoms with Gasteiger partial charge >= 0.3 is 0 Å². The Hall–Kier alpha value is -2.14. The lowest BCUT2D eigenvalue weighted by Crippen LogP contribution is -2.26. The third-order valence-electron chi connectivity index (χ3n) is 3.76. The topological polar surface area (TPSA) is 41.5 Å². The van der Waals surface area contributed by atoms with E-state index >= 15 is 0 Å². The Morgan fingerprint density at radius 3 is 2.71 bits per heavy atom. The van der Waals surface area contributed by atoms with Crippen LogP contribution in [-0.4, -0.2) is 12.2 Å². The number of ether oxygens (including phenoxy) is 1. The molecule has 0 aromatic heterocycles. The second-order valence-electron chi connectivity index (χ2n) is 5.08. The van der Waals surface area contributed by atoms with Crippen LogP contribution in [-0.2, 0) is 0 Å². The first-order valence-corrected chi connectivity index (χ1v) is 6.70. The molecule has 2 aromatic rings. The highest BCUT2D eigenvalue weighted by Gasteiger charge is 2.29. The average molecular weight is 291 g/mol. The Morgan fingerprint density at radius 2 is 2.00 bits per heavy atom. The smallest absolute Gasteiger partial charge is 0.165 e. The van der Waals surface area contributed by atoms with E-state index < -0.39 is 17.7 Å². The number of rotatable bonds is 2. The highest BCUT2D eigenvalue weighted by molar-refractivity contribution is 5.40. The van der Waals surface area contributed by atoms with Gasteiger partial charge in [-0.1, -0.05) is 12.1 Å². The number of nitrogens with one attached hydrogen (secondary N) is 1. The van der Waals surface area contributed by atoms with Crippen molar-refractivity contribution in [2.75, 3.05) is 7.05 Å². The minimum atomic E-state index is -0.692. The number of halogens is 2. The summed E-state index contributed by atoms with van der Waals surface area (Å²) in [5.74, 6) is -1.01. The zero-order valence-corrected chi connectivity index (χ0v) is 11.4. The van der Waals surface area contributed by atoms with Crippen molar-refractivity contribution in [2.45, 2.75) is 18.6 Å². The molecule has 5 heteroatoms. The van der Waals surface area contributed by atoms with Gasteiger partial charge in [-0.15, -0.1) is 0 Å². The van der Waals surface area contributed by atoms with Gasteiger partial charge in [0.25, 0.3) is 0 Å². The molecule has 1 aliphatic heterocycles. The lowest BCUT2D eigenvalue weighted by Gasteiger charge is -2.32. The second-order valence-corrected chi connectivity index (χ2v) is 5.08. The monoisotopic (exact) mass is 291 g/mol. The van der Waals surface area contributed by atoms with Crippen LogP contribution in [0.25, 0.3) is 0 Å². The van der Waals surface area contributed by atoms with E-state index in [0.717, 1.165) is 5.56 Å². The molecular formula is C16H15F2NO2. The van der Waals surface area contributed by atoms with Crippen LogP contribution in [0.3, 0.4) is 0 Å². The van der Waals surface area contributed by atoms with Crippen LogP contribution in [0, 0.1) is 11.6 Å². The molecule has 0 bridgehead atoms. The van der Waals surface area contributed by atoms with Gasteiger partial charge in [-0.2, -0.15) is 0 Å². The fourth-order valence-corrected chi connectivity index (χ4v) is 2.64. The standard InChI is InChI=1S/C16H15F2NO2/c1-19-13-8-15(9-2-5-14(20)12(18)6-9)21-16-7-10(17)3-4-11(13)16/h2-7,13,15,19-20H,8H2,1H3. The predicted molar refractivity (Wildman–Crippen MR) is 74.3 cm³/mol. The number of phenols is 1. The third kappa shape index (κ3) is 2.56. The van der Waals surface area contributed by atoms with Crippen molar-refractivity contribution in [2.24, 2.45) is 0 Å². The van der Waals surface area contributed by atoms with Crippen molar-refractivity contribution in [3.05, 3.63) is 59.2 Å². The van der Waals surface area contributed by atoms with E-state index in [-0.39, 0.29) is 11.9 Å². The Balaban J connectivity index is 1.97. The maximum absolute atomic E-state index is 13.5. The first-order chi connectivity index (χ1) is 10.1. The maximum Gasteiger partial charge on any atom is 0.165 e. The summed E-state index contributed by atoms with van der Waals surface area (Å²) in [4.78, 5) is 0. The van der Waals surface area contributed by atoms with Gasteiger partial charge in [-0.05, 0) is 30.8 Å². The molecule has 110 valence electrons. The normalized spacial score (nSPS) is 20.7. The Bertz CT molecular complexity index is 675. The Morgan fingerprint density at radius 1 is 1.19 bits per heavy atom. The molecule has 1 aliphatic rings. The zero-order valence-electron chi connectivity index (χ0n) is 11.4. The molecule has 0 radical (unpaired) electrons. The number of fused-ring (bicyclic) bond motifs is 1. The number of benzene rings is 2. The number of hydrogen-bond donors (Lipinski definition) is 2. The van der Waals surface area contributed by atoms with Crippen LogP contribution in [0.1, 0.15) is 29.7 Å². The summed E-state index contributed by atoms with van der Waals surface area (Å²) in [7, 11) is 1.82. The maximum atomic E-state index is 13.5. The lowest BCUT2D eigenvalue weighted by atomic mass is 9.93. The minimum Gasteiger partial charge on any atom is -0.505 e. The summed E-state index contributed by atoms with van der Waals surface area (Å²) in [6.07, 6.45) is 0.200. The molecule has 3 nitrogen and oxygen atoms in total. The first kappa shape index (κ1) is 13.8. The van der Waals surface area contributed by atoms with E-state index in [0.29, 0.717) is 17.7 Å². The quantitative estimate of drug-likeness (QED) is 0.890. The van der Waals surface area contributed by atoms with Gasteiger partial charge in [0.1, 0.15) is 17.7 Å². The highest BCUT2D eigenvalue weighted by Crippen LogP contribution is 2.41. The van der Waals surface area contributed by atoms with Gasteiger partial charge in [0.05, 0.1) is 0 Å². The van der Waals surface area contributed by atoms with E-state index in [4.69, 9.17) is 4.74 Å². The third-order valence-corrected chi connectivity index (χ3v) is 3.76. The van der Waals surface area contributed by atoms with E-state index in [1.807, 2.05) is 7.05 Å². The van der Waals surface area contributed by atoms with Crippen LogP contribution in [0.4, 0.5) is 8.78 Å². The van der Waals surface area contributed by atoms with Crippen molar-refractivity contribution in [1.29, 1.82) is 0 Å². The van der Waals surface area contributed by atoms with E-state index in [1.54, 1.807) is 12.1 Å². The number of hydrogen-bond acceptors (Lipinski definition) is 3. The Kier molecular flexibility index (Phi) is 3.51. The van der Waals surface area contributed by atoms with E-state index in [1.165, 1.54) is 24.3 Å². The summed E-state index contributed by atoms with van der Waals surface area (Å²) in [5.41, 5.74) is 1.50. The summed E-state index contributed by atoms with van der Waals surface area (Å²) in [6, 6.07) is 8.58. The summed E-state index contributed by atoms with van der Waals surface area (Å²) >= 11 is 0. The van der Waals surface area contributed by atoms with Crippen molar-refractivity contribution in [1.82, 2.24) is 5.32 Å². The summed E-state index contributed by atoms with van der Waals surface area (Å²) in [6.45, 7) is 0. The molecule has 2 atom stereocenters. The van der Waals surface area contributed by atoms with Crippen LogP contribution in [0.5, 0.6) is 11.5 Å². The molecule has 0 saturated heterocycles. The van der Waals surface area contributed by atoms with Gasteiger partial charge in [0, 0.05) is 24.1 Å². The minimum absolute atomic E-state index is 0.00351. The number of phenolic OH excluding ortho intramolecular Hbond substituents is 1. The van der Waals surface area contributed by atoms with Gasteiger partial charge in [0.2, 0.25) is 0 Å². The Labute approximate surface area is 121 Å².